The molecule has 3 rings (SSSR count). The molecule has 2 aromatic rings. The molecule has 0 saturated heterocycles. The molecule has 0 heterocycles. The molecule has 182 valence electrons. The van der Waals surface area contributed by atoms with E-state index in [9.17, 15) is 19.5 Å². The van der Waals surface area contributed by atoms with Crippen LogP contribution in [0.25, 0.3) is 11.1 Å². The summed E-state index contributed by atoms with van der Waals surface area (Å²) in [5.41, 5.74) is 3.23. The lowest BCUT2D eigenvalue weighted by Crippen LogP contribution is -2.53. The zero-order valence-corrected chi connectivity index (χ0v) is 20.1. The Labute approximate surface area is 200 Å². The Kier molecular flexibility index (Phi) is 8.31. The average molecular weight is 467 g/mol. The van der Waals surface area contributed by atoms with Crippen LogP contribution in [0.15, 0.2) is 48.5 Å². The number of unbranched alkanes of at least 4 members (excludes halogenated alkanes) is 1. The molecular weight excluding hydrogens is 432 g/mol. The molecular formula is C27H34N2O5. The van der Waals surface area contributed by atoms with Crippen LogP contribution in [-0.2, 0) is 14.3 Å². The molecule has 0 radical (unpaired) electrons. The molecule has 1 aliphatic rings. The number of ether oxygens (including phenoxy) is 1. The van der Waals surface area contributed by atoms with Crippen molar-refractivity contribution in [3.8, 4) is 11.1 Å². The van der Waals surface area contributed by atoms with Crippen molar-refractivity contribution in [2.45, 2.75) is 70.4 Å². The first-order valence-electron chi connectivity index (χ1n) is 11.9. The summed E-state index contributed by atoms with van der Waals surface area (Å²) in [6.45, 7) is 5.41. The smallest absolute Gasteiger partial charge is 0.407 e. The molecule has 1 unspecified atom stereocenters. The molecule has 0 aromatic heterocycles. The number of benzene rings is 2. The number of nitrogens with one attached hydrogen (secondary N) is 2. The lowest BCUT2D eigenvalue weighted by atomic mass is 9.98. The average Bonchev–Trinajstić information content (AvgIpc) is 3.14. The predicted molar refractivity (Wildman–Crippen MR) is 131 cm³/mol. The lowest BCUT2D eigenvalue weighted by Gasteiger charge is -2.26. The number of aliphatic carboxylic acids is 1. The van der Waals surface area contributed by atoms with Gasteiger partial charge in [0.05, 0.1) is 0 Å². The van der Waals surface area contributed by atoms with E-state index in [1.165, 1.54) is 6.92 Å². The number of alkyl carbamates (subject to hydrolysis) is 1. The van der Waals surface area contributed by atoms with E-state index in [0.29, 0.717) is 6.42 Å². The number of hydrogen-bond donors (Lipinski definition) is 3. The summed E-state index contributed by atoms with van der Waals surface area (Å²) in [5, 5.41) is 14.8. The summed E-state index contributed by atoms with van der Waals surface area (Å²) in [5.74, 6) is -1.54. The SMILES string of the molecule is CCCC[C@H](CC(=O)NC(C)(CC)C(=O)O)NC(=O)OCC1c2ccccc2-c2ccccc21. The molecule has 0 aliphatic heterocycles. The van der Waals surface area contributed by atoms with Gasteiger partial charge in [0.15, 0.2) is 0 Å². The van der Waals surface area contributed by atoms with Gasteiger partial charge in [-0.25, -0.2) is 9.59 Å². The van der Waals surface area contributed by atoms with Crippen LogP contribution < -0.4 is 10.6 Å². The zero-order valence-electron chi connectivity index (χ0n) is 20.1. The fourth-order valence-corrected chi connectivity index (χ4v) is 4.36. The van der Waals surface area contributed by atoms with Crippen molar-refractivity contribution >= 4 is 18.0 Å². The predicted octanol–water partition coefficient (Wildman–Crippen LogP) is 4.84. The quantitative estimate of drug-likeness (QED) is 0.439. The summed E-state index contributed by atoms with van der Waals surface area (Å²) in [7, 11) is 0. The number of carbonyl (C=O) groups excluding carboxylic acids is 2. The Morgan fingerprint density at radius 3 is 2.15 bits per heavy atom. The van der Waals surface area contributed by atoms with Crippen molar-refractivity contribution in [3.05, 3.63) is 59.7 Å². The number of rotatable bonds is 11. The van der Waals surface area contributed by atoms with Gasteiger partial charge in [-0.1, -0.05) is 75.2 Å². The number of carboxylic acids is 1. The van der Waals surface area contributed by atoms with Crippen LogP contribution in [0.5, 0.6) is 0 Å². The zero-order chi connectivity index (χ0) is 24.7. The highest BCUT2D eigenvalue weighted by Gasteiger charge is 2.33. The Balaban J connectivity index is 1.62. The van der Waals surface area contributed by atoms with Gasteiger partial charge in [0.2, 0.25) is 5.91 Å². The van der Waals surface area contributed by atoms with Crippen molar-refractivity contribution in [1.82, 2.24) is 10.6 Å². The minimum atomic E-state index is -1.34. The fourth-order valence-electron chi connectivity index (χ4n) is 4.36. The van der Waals surface area contributed by atoms with Crippen molar-refractivity contribution in [2.24, 2.45) is 0 Å². The van der Waals surface area contributed by atoms with Crippen LogP contribution >= 0.6 is 0 Å². The minimum absolute atomic E-state index is 0.00688. The second-order valence-corrected chi connectivity index (χ2v) is 9.05. The van der Waals surface area contributed by atoms with Gasteiger partial charge in [0.25, 0.3) is 0 Å². The standard InChI is InChI=1S/C27H34N2O5/c1-4-6-11-18(16-24(30)29-27(3,5-2)25(31)32)28-26(33)34-17-23-21-14-9-7-12-19(21)20-13-8-10-15-22(20)23/h7-10,12-15,18,23H,4-6,11,16-17H2,1-3H3,(H,28,33)(H,29,30)(H,31,32)/t18-,27?/m1/s1. The van der Waals surface area contributed by atoms with Gasteiger partial charge in [-0.2, -0.15) is 0 Å². The van der Waals surface area contributed by atoms with Crippen LogP contribution in [0.2, 0.25) is 0 Å². The van der Waals surface area contributed by atoms with Gasteiger partial charge >= 0.3 is 12.1 Å². The van der Waals surface area contributed by atoms with E-state index in [1.807, 2.05) is 31.2 Å². The number of carboxylic acid groups (broad SMARTS) is 1. The molecule has 7 nitrogen and oxygen atoms in total. The normalized spacial score (nSPS) is 14.9. The molecule has 0 spiro atoms. The second-order valence-electron chi connectivity index (χ2n) is 9.05. The van der Waals surface area contributed by atoms with E-state index in [-0.39, 0.29) is 25.4 Å². The van der Waals surface area contributed by atoms with Crippen molar-refractivity contribution in [3.63, 3.8) is 0 Å². The van der Waals surface area contributed by atoms with E-state index in [1.54, 1.807) is 6.92 Å². The van der Waals surface area contributed by atoms with E-state index < -0.39 is 29.6 Å². The first kappa shape index (κ1) is 25.3. The first-order valence-corrected chi connectivity index (χ1v) is 11.9. The Morgan fingerprint density at radius 1 is 1.03 bits per heavy atom. The molecule has 2 aromatic carbocycles. The third-order valence-corrected chi connectivity index (χ3v) is 6.60. The largest absolute Gasteiger partial charge is 0.480 e. The van der Waals surface area contributed by atoms with Crippen LogP contribution in [0, 0.1) is 0 Å². The van der Waals surface area contributed by atoms with Gasteiger partial charge in [0, 0.05) is 18.4 Å². The van der Waals surface area contributed by atoms with E-state index in [0.717, 1.165) is 35.1 Å². The van der Waals surface area contributed by atoms with Crippen LogP contribution in [0.4, 0.5) is 4.79 Å². The van der Waals surface area contributed by atoms with Gasteiger partial charge < -0.3 is 20.5 Å². The number of amides is 2. The Morgan fingerprint density at radius 2 is 1.62 bits per heavy atom. The highest BCUT2D eigenvalue weighted by Crippen LogP contribution is 2.44. The molecule has 2 amide bonds. The summed E-state index contributed by atoms with van der Waals surface area (Å²) in [4.78, 5) is 36.7. The molecule has 0 bridgehead atoms. The summed E-state index contributed by atoms with van der Waals surface area (Å²) < 4.78 is 5.62. The Hall–Kier alpha value is -3.35. The molecule has 1 aliphatic carbocycles. The Bertz CT molecular complexity index is 992. The topological polar surface area (TPSA) is 105 Å². The summed E-state index contributed by atoms with van der Waals surface area (Å²) >= 11 is 0. The maximum absolute atomic E-state index is 12.7. The highest BCUT2D eigenvalue weighted by molar-refractivity contribution is 5.87. The fraction of sp³-hybridized carbons (Fsp3) is 0.444. The van der Waals surface area contributed by atoms with Crippen LogP contribution in [0.3, 0.4) is 0 Å². The third kappa shape index (κ3) is 5.76. The molecule has 7 heteroatoms. The van der Waals surface area contributed by atoms with Gasteiger partial charge in [0.1, 0.15) is 12.1 Å². The van der Waals surface area contributed by atoms with Crippen molar-refractivity contribution < 1.29 is 24.2 Å². The molecule has 34 heavy (non-hydrogen) atoms. The van der Waals surface area contributed by atoms with Crippen LogP contribution in [-0.4, -0.2) is 41.3 Å². The van der Waals surface area contributed by atoms with E-state index in [2.05, 4.69) is 34.9 Å². The maximum Gasteiger partial charge on any atom is 0.407 e. The van der Waals surface area contributed by atoms with Gasteiger partial charge in [-0.3, -0.25) is 4.79 Å². The van der Waals surface area contributed by atoms with E-state index >= 15 is 0 Å². The lowest BCUT2D eigenvalue weighted by molar-refractivity contribution is -0.147. The van der Waals surface area contributed by atoms with Gasteiger partial charge in [-0.15, -0.1) is 0 Å². The summed E-state index contributed by atoms with van der Waals surface area (Å²) in [6, 6.07) is 15.8. The number of hydrogen-bond acceptors (Lipinski definition) is 4. The first-order chi connectivity index (χ1) is 16.3. The maximum atomic E-state index is 12.7. The van der Waals surface area contributed by atoms with Crippen molar-refractivity contribution in [1.29, 1.82) is 0 Å². The van der Waals surface area contributed by atoms with Crippen molar-refractivity contribution in [2.75, 3.05) is 6.61 Å². The number of carbonyl (C=O) groups is 3. The van der Waals surface area contributed by atoms with Gasteiger partial charge in [-0.05, 0) is 42.0 Å². The molecule has 2 atom stereocenters. The third-order valence-electron chi connectivity index (χ3n) is 6.60. The minimum Gasteiger partial charge on any atom is -0.480 e. The molecule has 0 saturated carbocycles. The highest BCUT2D eigenvalue weighted by atomic mass is 16.5. The molecule has 3 N–H and O–H groups in total. The molecule has 0 fully saturated rings. The van der Waals surface area contributed by atoms with E-state index in [4.69, 9.17) is 4.74 Å². The monoisotopic (exact) mass is 466 g/mol. The summed E-state index contributed by atoms with van der Waals surface area (Å²) in [6.07, 6.45) is 2.01. The van der Waals surface area contributed by atoms with Crippen LogP contribution in [0.1, 0.15) is 69.9 Å². The number of fused-ring (bicyclic) bond motifs is 3. The second kappa shape index (κ2) is 11.2.